The Labute approximate surface area is 168 Å². The normalized spacial score (nSPS) is 10.8. The molecular weight excluding hydrogens is 370 g/mol. The lowest BCUT2D eigenvalue weighted by molar-refractivity contribution is 0.0472. The maximum atomic E-state index is 12.5. The number of esters is 1. The minimum absolute atomic E-state index is 0.197. The lowest BCUT2D eigenvalue weighted by atomic mass is 10.0. The van der Waals surface area contributed by atoms with E-state index in [1.54, 1.807) is 0 Å². The number of hydrogen-bond donors (Lipinski definition) is 0. The molecule has 0 aliphatic rings. The van der Waals surface area contributed by atoms with Gasteiger partial charge in [-0.05, 0) is 35.2 Å². The van der Waals surface area contributed by atoms with Crippen LogP contribution in [0.25, 0.3) is 10.9 Å². The minimum Gasteiger partial charge on any atom is -0.457 e. The van der Waals surface area contributed by atoms with Crippen LogP contribution in [-0.2, 0) is 17.8 Å². The van der Waals surface area contributed by atoms with E-state index in [4.69, 9.17) is 16.3 Å². The number of halogens is 1. The van der Waals surface area contributed by atoms with Crippen molar-refractivity contribution in [2.24, 2.45) is 0 Å². The van der Waals surface area contributed by atoms with E-state index in [1.807, 2.05) is 66.7 Å². The third-order valence-electron chi connectivity index (χ3n) is 4.55. The number of nitrogens with zero attached hydrogens (tertiary/aromatic N) is 1. The van der Waals surface area contributed by atoms with Crippen LogP contribution >= 0.6 is 11.6 Å². The lowest BCUT2D eigenvalue weighted by Gasteiger charge is -2.09. The Morgan fingerprint density at radius 3 is 2.25 bits per heavy atom. The van der Waals surface area contributed by atoms with Crippen molar-refractivity contribution < 1.29 is 9.53 Å². The molecule has 0 saturated carbocycles. The number of fused-ring (bicyclic) bond motifs is 1. The Balaban J connectivity index is 1.59. The van der Waals surface area contributed by atoms with Crippen LogP contribution in [0.1, 0.15) is 27.0 Å². The van der Waals surface area contributed by atoms with Gasteiger partial charge >= 0.3 is 5.97 Å². The molecular formula is C24H18ClNO2. The highest BCUT2D eigenvalue weighted by Crippen LogP contribution is 2.28. The molecule has 0 atom stereocenters. The van der Waals surface area contributed by atoms with Crippen molar-refractivity contribution in [2.75, 3.05) is 0 Å². The van der Waals surface area contributed by atoms with Gasteiger partial charge < -0.3 is 4.74 Å². The summed E-state index contributed by atoms with van der Waals surface area (Å²) in [4.78, 5) is 16.9. The fourth-order valence-electron chi connectivity index (χ4n) is 3.09. The zero-order chi connectivity index (χ0) is 19.3. The summed E-state index contributed by atoms with van der Waals surface area (Å²) >= 11 is 6.55. The summed E-state index contributed by atoms with van der Waals surface area (Å²) in [6, 6.07) is 25.7. The van der Waals surface area contributed by atoms with Gasteiger partial charge in [-0.2, -0.15) is 0 Å². The smallest absolute Gasteiger partial charge is 0.341 e. The number of hydrogen-bond acceptors (Lipinski definition) is 3. The molecule has 3 aromatic carbocycles. The Morgan fingerprint density at radius 2 is 1.54 bits per heavy atom. The molecule has 1 heterocycles. The minimum atomic E-state index is -0.475. The zero-order valence-corrected chi connectivity index (χ0v) is 15.9. The van der Waals surface area contributed by atoms with E-state index in [1.165, 1.54) is 11.8 Å². The molecule has 4 aromatic rings. The van der Waals surface area contributed by atoms with Crippen molar-refractivity contribution in [1.82, 2.24) is 4.98 Å². The first-order valence-electron chi connectivity index (χ1n) is 9.03. The quantitative estimate of drug-likeness (QED) is 0.404. The highest BCUT2D eigenvalue weighted by atomic mass is 35.5. The summed E-state index contributed by atoms with van der Waals surface area (Å²) in [7, 11) is 0. The summed E-state index contributed by atoms with van der Waals surface area (Å²) < 4.78 is 5.41. The van der Waals surface area contributed by atoms with Crippen molar-refractivity contribution in [1.29, 1.82) is 0 Å². The second kappa shape index (κ2) is 8.24. The zero-order valence-electron chi connectivity index (χ0n) is 15.1. The average molecular weight is 388 g/mol. The molecule has 0 aliphatic carbocycles. The number of carbonyl (C=O) groups excluding carboxylic acids is 1. The molecule has 4 rings (SSSR count). The molecule has 0 radical (unpaired) electrons. The van der Waals surface area contributed by atoms with Crippen LogP contribution in [0.15, 0.2) is 85.1 Å². The van der Waals surface area contributed by atoms with Gasteiger partial charge in [-0.3, -0.25) is 4.98 Å². The van der Waals surface area contributed by atoms with Crippen LogP contribution in [0.4, 0.5) is 0 Å². The molecule has 1 aromatic heterocycles. The molecule has 28 heavy (non-hydrogen) atoms. The number of aromatic nitrogens is 1. The Morgan fingerprint density at radius 1 is 0.857 bits per heavy atom. The van der Waals surface area contributed by atoms with Crippen LogP contribution in [-0.4, -0.2) is 11.0 Å². The van der Waals surface area contributed by atoms with E-state index in [0.717, 1.165) is 28.5 Å². The van der Waals surface area contributed by atoms with E-state index in [2.05, 4.69) is 17.1 Å². The van der Waals surface area contributed by atoms with Crippen LogP contribution in [0.2, 0.25) is 5.02 Å². The first kappa shape index (κ1) is 18.2. The van der Waals surface area contributed by atoms with Crippen LogP contribution < -0.4 is 0 Å². The summed E-state index contributed by atoms with van der Waals surface area (Å²) in [5, 5.41) is 1.13. The van der Waals surface area contributed by atoms with Crippen molar-refractivity contribution in [3.63, 3.8) is 0 Å². The van der Waals surface area contributed by atoms with E-state index in [9.17, 15) is 4.79 Å². The molecule has 0 bridgehead atoms. The third kappa shape index (κ3) is 4.05. The number of benzene rings is 3. The summed E-state index contributed by atoms with van der Waals surface area (Å²) in [6.07, 6.45) is 2.27. The molecule has 0 unspecified atom stereocenters. The van der Waals surface area contributed by atoms with Gasteiger partial charge in [0.05, 0.1) is 16.1 Å². The van der Waals surface area contributed by atoms with E-state index >= 15 is 0 Å². The summed E-state index contributed by atoms with van der Waals surface area (Å²) in [6.45, 7) is 0.197. The summed E-state index contributed by atoms with van der Waals surface area (Å²) in [5.74, 6) is -0.475. The van der Waals surface area contributed by atoms with Crippen LogP contribution in [0.5, 0.6) is 0 Å². The van der Waals surface area contributed by atoms with Gasteiger partial charge in [0.2, 0.25) is 0 Å². The Bertz CT molecular complexity index is 1110. The van der Waals surface area contributed by atoms with Crippen molar-refractivity contribution in [3.8, 4) is 0 Å². The second-order valence-electron chi connectivity index (χ2n) is 6.56. The van der Waals surface area contributed by atoms with Gasteiger partial charge in [0.1, 0.15) is 6.61 Å². The molecule has 138 valence electrons. The maximum Gasteiger partial charge on any atom is 0.341 e. The van der Waals surface area contributed by atoms with Crippen molar-refractivity contribution >= 4 is 28.5 Å². The van der Waals surface area contributed by atoms with Gasteiger partial charge in [-0.25, -0.2) is 4.79 Å². The monoisotopic (exact) mass is 387 g/mol. The fourth-order valence-corrected chi connectivity index (χ4v) is 3.37. The highest BCUT2D eigenvalue weighted by Gasteiger charge is 2.16. The molecule has 0 N–H and O–H groups in total. The molecule has 0 fully saturated rings. The molecule has 0 spiro atoms. The van der Waals surface area contributed by atoms with Gasteiger partial charge in [-0.15, -0.1) is 0 Å². The summed E-state index contributed by atoms with van der Waals surface area (Å²) in [5.41, 5.74) is 4.27. The maximum absolute atomic E-state index is 12.5. The molecule has 0 amide bonds. The van der Waals surface area contributed by atoms with Crippen molar-refractivity contribution in [2.45, 2.75) is 13.0 Å². The standard InChI is InChI=1S/C24H18ClNO2/c25-23-20-14-19(13-17-7-3-1-4-8-17)11-12-22(20)26-15-21(23)24(27)28-16-18-9-5-2-6-10-18/h1-12,14-15H,13,16H2. The van der Waals surface area contributed by atoms with Crippen molar-refractivity contribution in [3.05, 3.63) is 112 Å². The Hall–Kier alpha value is -3.17. The predicted molar refractivity (Wildman–Crippen MR) is 112 cm³/mol. The van der Waals surface area contributed by atoms with E-state index in [-0.39, 0.29) is 12.2 Å². The van der Waals surface area contributed by atoms with Gasteiger partial charge in [0.15, 0.2) is 0 Å². The number of carbonyl (C=O) groups is 1. The van der Waals surface area contributed by atoms with Gasteiger partial charge in [-0.1, -0.05) is 78.3 Å². The number of ether oxygens (including phenoxy) is 1. The molecule has 0 aliphatic heterocycles. The Kier molecular flexibility index (Phi) is 5.36. The lowest BCUT2D eigenvalue weighted by Crippen LogP contribution is -2.07. The molecule has 0 saturated heterocycles. The van der Waals surface area contributed by atoms with Gasteiger partial charge in [0.25, 0.3) is 0 Å². The topological polar surface area (TPSA) is 39.2 Å². The average Bonchev–Trinajstić information content (AvgIpc) is 2.74. The second-order valence-corrected chi connectivity index (χ2v) is 6.94. The first-order valence-corrected chi connectivity index (χ1v) is 9.40. The van der Waals surface area contributed by atoms with Crippen LogP contribution in [0.3, 0.4) is 0 Å². The van der Waals surface area contributed by atoms with Crippen LogP contribution in [0, 0.1) is 0 Å². The molecule has 3 nitrogen and oxygen atoms in total. The first-order chi connectivity index (χ1) is 13.7. The SMILES string of the molecule is O=C(OCc1ccccc1)c1cnc2ccc(Cc3ccccc3)cc2c1Cl. The third-order valence-corrected chi connectivity index (χ3v) is 4.96. The number of pyridine rings is 1. The largest absolute Gasteiger partial charge is 0.457 e. The van der Waals surface area contributed by atoms with E-state index < -0.39 is 5.97 Å². The van der Waals surface area contributed by atoms with E-state index in [0.29, 0.717) is 5.02 Å². The fraction of sp³-hybridized carbons (Fsp3) is 0.0833. The highest BCUT2D eigenvalue weighted by molar-refractivity contribution is 6.38. The number of rotatable bonds is 5. The molecule has 4 heteroatoms. The predicted octanol–water partition coefficient (Wildman–Crippen LogP) is 5.84. The van der Waals surface area contributed by atoms with Gasteiger partial charge in [0, 0.05) is 11.6 Å².